The van der Waals surface area contributed by atoms with Crippen LogP contribution in [0, 0.1) is 0 Å². The molecule has 14 heteroatoms. The maximum atomic E-state index is 13.7. The van der Waals surface area contributed by atoms with Gasteiger partial charge in [-0.3, -0.25) is 27.9 Å². The predicted molar refractivity (Wildman–Crippen MR) is 163 cm³/mol. The highest BCUT2D eigenvalue weighted by Crippen LogP contribution is 2.44. The van der Waals surface area contributed by atoms with E-state index in [0.29, 0.717) is 58.8 Å². The first-order chi connectivity index (χ1) is 20.6. The molecule has 0 bridgehead atoms. The second-order valence-electron chi connectivity index (χ2n) is 11.4. The zero-order valence-corrected chi connectivity index (χ0v) is 25.1. The Hall–Kier alpha value is -4.88. The van der Waals surface area contributed by atoms with E-state index >= 15 is 0 Å². The Morgan fingerprint density at radius 1 is 0.535 bits per heavy atom. The number of nitrogens with zero attached hydrogens (tertiary/aromatic N) is 10. The molecule has 14 nitrogen and oxygen atoms in total. The van der Waals surface area contributed by atoms with Crippen LogP contribution in [0.1, 0.15) is 44.2 Å². The second kappa shape index (κ2) is 9.31. The topological polar surface area (TPSA) is 149 Å². The van der Waals surface area contributed by atoms with Gasteiger partial charge in [0.2, 0.25) is 0 Å². The summed E-state index contributed by atoms with van der Waals surface area (Å²) >= 11 is 0. The molecule has 0 fully saturated rings. The average Bonchev–Trinajstić information content (AvgIpc) is 3.39. The lowest BCUT2D eigenvalue weighted by Crippen LogP contribution is -2.37. The number of rotatable bonds is 4. The molecule has 7 rings (SSSR count). The summed E-state index contributed by atoms with van der Waals surface area (Å²) in [6, 6.07) is 0. The normalized spacial score (nSPS) is 13.3. The van der Waals surface area contributed by atoms with Crippen molar-refractivity contribution in [3.05, 3.63) is 52.8 Å². The zero-order valence-electron chi connectivity index (χ0n) is 25.1. The van der Waals surface area contributed by atoms with Gasteiger partial charge in [-0.25, -0.2) is 9.59 Å². The van der Waals surface area contributed by atoms with Gasteiger partial charge in [-0.05, 0) is 43.2 Å². The highest BCUT2D eigenvalue weighted by molar-refractivity contribution is 6.10. The van der Waals surface area contributed by atoms with Crippen molar-refractivity contribution in [1.82, 2.24) is 47.8 Å². The Balaban J connectivity index is 1.75. The van der Waals surface area contributed by atoms with Crippen molar-refractivity contribution in [2.24, 2.45) is 28.2 Å². The molecule has 6 aromatic rings. The summed E-state index contributed by atoms with van der Waals surface area (Å²) in [5.41, 5.74) is 3.71. The number of aromatic nitrogens is 10. The van der Waals surface area contributed by atoms with Crippen LogP contribution >= 0.6 is 0 Å². The van der Waals surface area contributed by atoms with Crippen LogP contribution in [0.2, 0.25) is 0 Å². The Morgan fingerprint density at radius 3 is 1.28 bits per heavy atom. The van der Waals surface area contributed by atoms with E-state index in [1.54, 1.807) is 14.1 Å². The average molecular weight is 585 g/mol. The molecular formula is C29H32N10O4. The minimum Gasteiger partial charge on any atom is -0.322 e. The van der Waals surface area contributed by atoms with Crippen LogP contribution in [0.15, 0.2) is 19.2 Å². The Kier molecular flexibility index (Phi) is 5.84. The third-order valence-electron chi connectivity index (χ3n) is 8.89. The smallest absolute Gasteiger partial charge is 0.322 e. The molecule has 0 aromatic carbocycles. The molecule has 1 aliphatic rings. The number of hydrogen-bond donors (Lipinski definition) is 0. The molecule has 0 amide bonds. The molecule has 0 saturated heterocycles. The summed E-state index contributed by atoms with van der Waals surface area (Å²) in [5.74, 6) is 0. The summed E-state index contributed by atoms with van der Waals surface area (Å²) in [7, 11) is 6.15. The molecule has 0 unspecified atom stereocenters. The molecule has 0 N–H and O–H groups in total. The fourth-order valence-corrected chi connectivity index (χ4v) is 6.93. The van der Waals surface area contributed by atoms with E-state index in [9.17, 15) is 19.2 Å². The van der Waals surface area contributed by atoms with Gasteiger partial charge in [0.25, 0.3) is 11.1 Å². The maximum absolute atomic E-state index is 13.7. The fourth-order valence-electron chi connectivity index (χ4n) is 6.93. The van der Waals surface area contributed by atoms with Crippen molar-refractivity contribution in [3.8, 4) is 11.4 Å². The van der Waals surface area contributed by atoms with Crippen molar-refractivity contribution in [3.63, 3.8) is 0 Å². The summed E-state index contributed by atoms with van der Waals surface area (Å²) in [6.45, 7) is 5.40. The molecule has 0 aliphatic heterocycles. The van der Waals surface area contributed by atoms with Gasteiger partial charge in [-0.15, -0.1) is 20.4 Å². The van der Waals surface area contributed by atoms with Crippen molar-refractivity contribution in [2.75, 3.05) is 0 Å². The standard InChI is InChI=1S/C29H32N10O4/c1-7-12-38-20-14(16-18-22(30-32-24(16)38)34(3)28(42)36(5)26(18)40)10-9-11-15-17-19-23(35(4)29(43)37(6)27(19)41)31-33-25(17)39(13-8-2)21(15)20/h7-13H2,1-6H3. The second-order valence-corrected chi connectivity index (χ2v) is 11.4. The van der Waals surface area contributed by atoms with Crippen LogP contribution in [0.25, 0.3) is 55.5 Å². The minimum absolute atomic E-state index is 0.247. The Labute approximate surface area is 243 Å². The maximum Gasteiger partial charge on any atom is 0.332 e. The Morgan fingerprint density at radius 2 is 0.907 bits per heavy atom. The first-order valence-corrected chi connectivity index (χ1v) is 14.6. The van der Waals surface area contributed by atoms with Crippen molar-refractivity contribution < 1.29 is 0 Å². The Bertz CT molecular complexity index is 2260. The van der Waals surface area contributed by atoms with Gasteiger partial charge in [-0.1, -0.05) is 13.8 Å². The first kappa shape index (κ1) is 27.0. The van der Waals surface area contributed by atoms with Crippen LogP contribution in [0.5, 0.6) is 0 Å². The highest BCUT2D eigenvalue weighted by Gasteiger charge is 2.33. The van der Waals surface area contributed by atoms with Crippen molar-refractivity contribution in [1.29, 1.82) is 0 Å². The van der Waals surface area contributed by atoms with E-state index in [1.807, 2.05) is 0 Å². The number of hydrogen-bond acceptors (Lipinski definition) is 8. The molecule has 1 aliphatic carbocycles. The van der Waals surface area contributed by atoms with Gasteiger partial charge in [0.15, 0.2) is 22.6 Å². The fraction of sp³-hybridized carbons (Fsp3) is 0.448. The molecular weight excluding hydrogens is 552 g/mol. The third-order valence-corrected chi connectivity index (χ3v) is 8.89. The molecule has 222 valence electrons. The van der Waals surface area contributed by atoms with Crippen LogP contribution in [-0.4, -0.2) is 47.8 Å². The monoisotopic (exact) mass is 584 g/mol. The lowest BCUT2D eigenvalue weighted by atomic mass is 10.0. The number of aryl methyl sites for hydroxylation is 6. The van der Waals surface area contributed by atoms with Crippen LogP contribution in [0.4, 0.5) is 0 Å². The molecule has 0 spiro atoms. The predicted octanol–water partition coefficient (Wildman–Crippen LogP) is 1.25. The van der Waals surface area contributed by atoms with Crippen LogP contribution in [0.3, 0.4) is 0 Å². The van der Waals surface area contributed by atoms with Crippen molar-refractivity contribution in [2.45, 2.75) is 59.0 Å². The summed E-state index contributed by atoms with van der Waals surface area (Å²) < 4.78 is 9.21. The number of fused-ring (bicyclic) bond motifs is 11. The summed E-state index contributed by atoms with van der Waals surface area (Å²) in [4.78, 5) is 52.9. The van der Waals surface area contributed by atoms with E-state index < -0.39 is 22.5 Å². The lowest BCUT2D eigenvalue weighted by molar-refractivity contribution is 0.670. The van der Waals surface area contributed by atoms with E-state index in [-0.39, 0.29) is 11.3 Å². The van der Waals surface area contributed by atoms with Gasteiger partial charge >= 0.3 is 11.4 Å². The van der Waals surface area contributed by atoms with E-state index in [0.717, 1.165) is 50.9 Å². The lowest BCUT2D eigenvalue weighted by Gasteiger charge is -2.14. The van der Waals surface area contributed by atoms with Crippen LogP contribution in [-0.2, 0) is 54.1 Å². The molecule has 43 heavy (non-hydrogen) atoms. The minimum atomic E-state index is -0.461. The van der Waals surface area contributed by atoms with Crippen molar-refractivity contribution >= 4 is 44.1 Å². The molecule has 6 heterocycles. The first-order valence-electron chi connectivity index (χ1n) is 14.6. The van der Waals surface area contributed by atoms with Gasteiger partial charge < -0.3 is 9.13 Å². The van der Waals surface area contributed by atoms with Gasteiger partial charge in [0, 0.05) is 52.1 Å². The molecule has 6 aromatic heterocycles. The quantitative estimate of drug-likeness (QED) is 0.301. The molecule has 0 radical (unpaired) electrons. The molecule has 0 atom stereocenters. The summed E-state index contributed by atoms with van der Waals surface area (Å²) in [5, 5.41) is 20.2. The van der Waals surface area contributed by atoms with Gasteiger partial charge in [0.05, 0.1) is 22.2 Å². The molecule has 0 saturated carbocycles. The largest absolute Gasteiger partial charge is 0.332 e. The highest BCUT2D eigenvalue weighted by atomic mass is 16.2. The SMILES string of the molecule is CCCn1c2c(c3c4c(=O)n(C)c(=O)n(C)c4nnc31)CCCc1c-2n(CCC)c2nnc3c(c(=O)n(C)c(=O)n3C)c12. The third kappa shape index (κ3) is 3.34. The van der Waals surface area contributed by atoms with Gasteiger partial charge in [0.1, 0.15) is 0 Å². The van der Waals surface area contributed by atoms with E-state index in [1.165, 1.54) is 23.2 Å². The summed E-state index contributed by atoms with van der Waals surface area (Å²) in [6.07, 6.45) is 3.66. The van der Waals surface area contributed by atoms with Crippen LogP contribution < -0.4 is 22.5 Å². The van der Waals surface area contributed by atoms with E-state index in [2.05, 4.69) is 43.4 Å². The van der Waals surface area contributed by atoms with Gasteiger partial charge in [-0.2, -0.15) is 0 Å². The zero-order chi connectivity index (χ0) is 30.5. The van der Waals surface area contributed by atoms with E-state index in [4.69, 9.17) is 0 Å².